The molecule has 1 aromatic heterocycles. The summed E-state index contributed by atoms with van der Waals surface area (Å²) in [6.45, 7) is 0. The molecule has 106 valence electrons. The van der Waals surface area contributed by atoms with E-state index in [1.165, 1.54) is 44.2 Å². The Balaban J connectivity index is 1.70. The van der Waals surface area contributed by atoms with Gasteiger partial charge in [0.15, 0.2) is 11.5 Å². The highest BCUT2D eigenvalue weighted by Crippen LogP contribution is 2.28. The van der Waals surface area contributed by atoms with E-state index in [9.17, 15) is 10.1 Å². The van der Waals surface area contributed by atoms with Crippen molar-refractivity contribution in [2.75, 3.05) is 0 Å². The zero-order valence-corrected chi connectivity index (χ0v) is 11.4. The lowest BCUT2D eigenvalue weighted by Crippen LogP contribution is -2.07. The molecule has 0 radical (unpaired) electrons. The van der Waals surface area contributed by atoms with E-state index in [1.54, 1.807) is 6.07 Å². The van der Waals surface area contributed by atoms with E-state index >= 15 is 0 Å². The fourth-order valence-corrected chi connectivity index (χ4v) is 2.99. The lowest BCUT2D eigenvalue weighted by Gasteiger charge is -2.20. The maximum Gasteiger partial charge on any atom is 0.271 e. The van der Waals surface area contributed by atoms with Gasteiger partial charge in [0.1, 0.15) is 5.52 Å². The van der Waals surface area contributed by atoms with Crippen LogP contribution in [0, 0.1) is 16.0 Å². The van der Waals surface area contributed by atoms with E-state index < -0.39 is 4.92 Å². The van der Waals surface area contributed by atoms with Crippen LogP contribution in [0.2, 0.25) is 0 Å². The van der Waals surface area contributed by atoms with Gasteiger partial charge < -0.3 is 4.42 Å². The summed E-state index contributed by atoms with van der Waals surface area (Å²) in [7, 11) is 0. The number of rotatable bonds is 4. The van der Waals surface area contributed by atoms with E-state index in [0.717, 1.165) is 18.8 Å². The Labute approximate surface area is 117 Å². The maximum absolute atomic E-state index is 10.7. The van der Waals surface area contributed by atoms with Crippen LogP contribution >= 0.6 is 0 Å². The maximum atomic E-state index is 10.7. The quantitative estimate of drug-likeness (QED) is 0.617. The van der Waals surface area contributed by atoms with Gasteiger partial charge in [-0.2, -0.15) is 0 Å². The van der Waals surface area contributed by atoms with Crippen LogP contribution in [0.5, 0.6) is 0 Å². The van der Waals surface area contributed by atoms with Crippen LogP contribution in [0.3, 0.4) is 0 Å². The Kier molecular flexibility index (Phi) is 3.67. The van der Waals surface area contributed by atoms with Crippen LogP contribution in [0.1, 0.15) is 44.4 Å². The number of hydrogen-bond acceptors (Lipinski definition) is 4. The molecule has 0 amide bonds. The molecule has 0 saturated heterocycles. The van der Waals surface area contributed by atoms with Gasteiger partial charge in [0.25, 0.3) is 5.69 Å². The minimum absolute atomic E-state index is 0.0598. The summed E-state index contributed by atoms with van der Waals surface area (Å²) in [4.78, 5) is 14.7. The SMILES string of the molecule is O=[N+]([O-])c1ccc2oc(CCC3CCCCC3)nc2c1. The molecule has 1 aliphatic carbocycles. The third kappa shape index (κ3) is 2.81. The average Bonchev–Trinajstić information content (AvgIpc) is 2.88. The standard InChI is InChI=1S/C15H18N2O3/c18-17(19)12-7-8-14-13(10-12)16-15(20-14)9-6-11-4-2-1-3-5-11/h7-8,10-11H,1-6,9H2. The lowest BCUT2D eigenvalue weighted by atomic mass is 9.86. The highest BCUT2D eigenvalue weighted by atomic mass is 16.6. The molecule has 1 aliphatic rings. The minimum atomic E-state index is -0.407. The molecule has 3 rings (SSSR count). The number of nitrogens with zero attached hydrogens (tertiary/aromatic N) is 2. The molecular formula is C15H18N2O3. The van der Waals surface area contributed by atoms with Gasteiger partial charge >= 0.3 is 0 Å². The molecule has 0 aliphatic heterocycles. The van der Waals surface area contributed by atoms with Gasteiger partial charge in [-0.1, -0.05) is 32.1 Å². The van der Waals surface area contributed by atoms with Gasteiger partial charge in [-0.3, -0.25) is 10.1 Å². The zero-order chi connectivity index (χ0) is 13.9. The molecule has 0 spiro atoms. The van der Waals surface area contributed by atoms with Gasteiger partial charge in [0, 0.05) is 18.6 Å². The van der Waals surface area contributed by atoms with E-state index in [0.29, 0.717) is 17.0 Å². The van der Waals surface area contributed by atoms with Crippen LogP contribution in [0.25, 0.3) is 11.1 Å². The van der Waals surface area contributed by atoms with Crippen molar-refractivity contribution in [3.63, 3.8) is 0 Å². The van der Waals surface area contributed by atoms with Crippen molar-refractivity contribution < 1.29 is 9.34 Å². The predicted octanol–water partition coefficient (Wildman–Crippen LogP) is 4.25. The number of aryl methyl sites for hydroxylation is 1. The molecule has 0 atom stereocenters. The van der Waals surface area contributed by atoms with Crippen LogP contribution in [-0.2, 0) is 6.42 Å². The molecule has 1 heterocycles. The Morgan fingerprint density at radius 2 is 2.10 bits per heavy atom. The molecule has 20 heavy (non-hydrogen) atoms. The molecular weight excluding hydrogens is 256 g/mol. The number of nitro benzene ring substituents is 1. The van der Waals surface area contributed by atoms with Crippen molar-refractivity contribution in [2.45, 2.75) is 44.9 Å². The molecule has 2 aromatic rings. The second-order valence-electron chi connectivity index (χ2n) is 5.56. The third-order valence-electron chi connectivity index (χ3n) is 4.12. The van der Waals surface area contributed by atoms with Gasteiger partial charge in [0.2, 0.25) is 0 Å². The van der Waals surface area contributed by atoms with Crippen LogP contribution in [0.4, 0.5) is 5.69 Å². The second-order valence-corrected chi connectivity index (χ2v) is 5.56. The highest BCUT2D eigenvalue weighted by molar-refractivity contribution is 5.75. The molecule has 1 saturated carbocycles. The Morgan fingerprint density at radius 3 is 2.85 bits per heavy atom. The van der Waals surface area contributed by atoms with Crippen molar-refractivity contribution in [2.24, 2.45) is 5.92 Å². The summed E-state index contributed by atoms with van der Waals surface area (Å²) in [5.41, 5.74) is 1.27. The zero-order valence-electron chi connectivity index (χ0n) is 11.4. The van der Waals surface area contributed by atoms with E-state index in [4.69, 9.17) is 4.42 Å². The number of non-ortho nitro benzene ring substituents is 1. The third-order valence-corrected chi connectivity index (χ3v) is 4.12. The van der Waals surface area contributed by atoms with Gasteiger partial charge in [-0.15, -0.1) is 0 Å². The summed E-state index contributed by atoms with van der Waals surface area (Å²) < 4.78 is 5.66. The fourth-order valence-electron chi connectivity index (χ4n) is 2.99. The topological polar surface area (TPSA) is 69.2 Å². The van der Waals surface area contributed by atoms with Gasteiger partial charge in [-0.25, -0.2) is 4.98 Å². The van der Waals surface area contributed by atoms with E-state index in [2.05, 4.69) is 4.98 Å². The molecule has 0 unspecified atom stereocenters. The van der Waals surface area contributed by atoms with Crippen molar-refractivity contribution in [1.29, 1.82) is 0 Å². The number of oxazole rings is 1. The summed E-state index contributed by atoms with van der Waals surface area (Å²) in [6, 6.07) is 4.56. The number of aromatic nitrogens is 1. The minimum Gasteiger partial charge on any atom is -0.441 e. The van der Waals surface area contributed by atoms with Crippen LogP contribution < -0.4 is 0 Å². The first-order chi connectivity index (χ1) is 9.72. The number of nitro groups is 1. The molecule has 5 heteroatoms. The Bertz CT molecular complexity index is 615. The normalized spacial score (nSPS) is 16.6. The van der Waals surface area contributed by atoms with Crippen molar-refractivity contribution >= 4 is 16.8 Å². The van der Waals surface area contributed by atoms with Gasteiger partial charge in [0.05, 0.1) is 4.92 Å². The van der Waals surface area contributed by atoms with Crippen LogP contribution in [-0.4, -0.2) is 9.91 Å². The van der Waals surface area contributed by atoms with Gasteiger partial charge in [-0.05, 0) is 18.4 Å². The summed E-state index contributed by atoms with van der Waals surface area (Å²) >= 11 is 0. The average molecular weight is 274 g/mol. The molecule has 5 nitrogen and oxygen atoms in total. The predicted molar refractivity (Wildman–Crippen MR) is 75.6 cm³/mol. The number of hydrogen-bond donors (Lipinski definition) is 0. The molecule has 0 bridgehead atoms. The number of benzene rings is 1. The van der Waals surface area contributed by atoms with E-state index in [-0.39, 0.29) is 5.69 Å². The first-order valence-electron chi connectivity index (χ1n) is 7.26. The molecule has 1 aromatic carbocycles. The molecule has 1 fully saturated rings. The smallest absolute Gasteiger partial charge is 0.271 e. The summed E-state index contributed by atoms with van der Waals surface area (Å²) in [6.07, 6.45) is 8.59. The Hall–Kier alpha value is -1.91. The summed E-state index contributed by atoms with van der Waals surface area (Å²) in [5.74, 6) is 1.49. The van der Waals surface area contributed by atoms with E-state index in [1.807, 2.05) is 0 Å². The summed E-state index contributed by atoms with van der Waals surface area (Å²) in [5, 5.41) is 10.7. The second kappa shape index (κ2) is 5.61. The van der Waals surface area contributed by atoms with Crippen molar-refractivity contribution in [3.8, 4) is 0 Å². The Morgan fingerprint density at radius 1 is 1.30 bits per heavy atom. The fraction of sp³-hybridized carbons (Fsp3) is 0.533. The van der Waals surface area contributed by atoms with Crippen LogP contribution in [0.15, 0.2) is 22.6 Å². The largest absolute Gasteiger partial charge is 0.441 e. The molecule has 0 N–H and O–H groups in total. The highest BCUT2D eigenvalue weighted by Gasteiger charge is 2.16. The number of fused-ring (bicyclic) bond motifs is 1. The monoisotopic (exact) mass is 274 g/mol. The first kappa shape index (κ1) is 13.1. The first-order valence-corrected chi connectivity index (χ1v) is 7.26. The lowest BCUT2D eigenvalue weighted by molar-refractivity contribution is -0.384. The van der Waals surface area contributed by atoms with Crippen molar-refractivity contribution in [3.05, 3.63) is 34.2 Å². The van der Waals surface area contributed by atoms with Crippen molar-refractivity contribution in [1.82, 2.24) is 4.98 Å².